The Balaban J connectivity index is 1.87. The Bertz CT molecular complexity index is 407. The van der Waals surface area contributed by atoms with Crippen LogP contribution >= 0.6 is 0 Å². The van der Waals surface area contributed by atoms with Gasteiger partial charge in [-0.25, -0.2) is 4.79 Å². The maximum Gasteiger partial charge on any atom is 0.353 e. The second-order valence-corrected chi connectivity index (χ2v) is 5.52. The molecule has 0 saturated heterocycles. The van der Waals surface area contributed by atoms with Gasteiger partial charge in [0.15, 0.2) is 5.71 Å². The van der Waals surface area contributed by atoms with Gasteiger partial charge in [-0.15, -0.1) is 0 Å². The van der Waals surface area contributed by atoms with Crippen molar-refractivity contribution in [2.45, 2.75) is 51.7 Å². The molecule has 1 saturated carbocycles. The Kier molecular flexibility index (Phi) is 4.07. The lowest BCUT2D eigenvalue weighted by Gasteiger charge is -2.34. The lowest BCUT2D eigenvalue weighted by molar-refractivity contribution is -0.132. The van der Waals surface area contributed by atoms with Crippen LogP contribution in [0.3, 0.4) is 0 Å². The van der Waals surface area contributed by atoms with Crippen molar-refractivity contribution in [3.63, 3.8) is 0 Å². The first kappa shape index (κ1) is 13.8. The summed E-state index contributed by atoms with van der Waals surface area (Å²) >= 11 is 0. The zero-order valence-electron chi connectivity index (χ0n) is 11.3. The molecule has 6 heteroatoms. The highest BCUT2D eigenvalue weighted by Crippen LogP contribution is 2.29. The fourth-order valence-electron chi connectivity index (χ4n) is 2.71. The van der Waals surface area contributed by atoms with Crippen molar-refractivity contribution in [2.75, 3.05) is 0 Å². The molecule has 1 fully saturated rings. The number of carboxylic acid groups (broad SMARTS) is 1. The second-order valence-electron chi connectivity index (χ2n) is 5.52. The molecule has 4 unspecified atom stereocenters. The summed E-state index contributed by atoms with van der Waals surface area (Å²) in [5, 5.41) is 15.2. The Hall–Kier alpha value is -1.59. The lowest BCUT2D eigenvalue weighted by atomic mass is 9.78. The van der Waals surface area contributed by atoms with Crippen LogP contribution in [0.1, 0.15) is 39.5 Å². The molecule has 0 radical (unpaired) electrons. The molecule has 0 aromatic carbocycles. The van der Waals surface area contributed by atoms with E-state index in [1.807, 2.05) is 0 Å². The molecule has 0 aromatic rings. The number of nitrogens with one attached hydrogen (secondary N) is 1. The number of nitrogens with zero attached hydrogens (tertiary/aromatic N) is 1. The van der Waals surface area contributed by atoms with Gasteiger partial charge in [-0.3, -0.25) is 4.79 Å². The number of hydrogen-bond acceptors (Lipinski definition) is 4. The van der Waals surface area contributed by atoms with E-state index in [0.29, 0.717) is 11.8 Å². The van der Waals surface area contributed by atoms with Crippen molar-refractivity contribution in [1.82, 2.24) is 5.32 Å². The SMILES string of the molecule is CC1CCCC(NC(=O)C2CC(C(=O)O)=NO2)C1C. The van der Waals surface area contributed by atoms with Gasteiger partial charge in [-0.05, 0) is 18.3 Å². The number of rotatable bonds is 3. The van der Waals surface area contributed by atoms with Crippen LogP contribution in [0.5, 0.6) is 0 Å². The molecular formula is C13H20N2O4. The van der Waals surface area contributed by atoms with Gasteiger partial charge in [0.2, 0.25) is 6.10 Å². The molecule has 2 aliphatic rings. The van der Waals surface area contributed by atoms with Crippen molar-refractivity contribution >= 4 is 17.6 Å². The van der Waals surface area contributed by atoms with E-state index in [2.05, 4.69) is 24.3 Å². The molecule has 106 valence electrons. The summed E-state index contributed by atoms with van der Waals surface area (Å²) in [5.74, 6) is -0.366. The van der Waals surface area contributed by atoms with E-state index in [-0.39, 0.29) is 24.1 Å². The minimum Gasteiger partial charge on any atom is -0.477 e. The maximum atomic E-state index is 12.0. The van der Waals surface area contributed by atoms with E-state index in [9.17, 15) is 9.59 Å². The molecule has 19 heavy (non-hydrogen) atoms. The molecule has 2 rings (SSSR count). The van der Waals surface area contributed by atoms with Crippen LogP contribution in [0.4, 0.5) is 0 Å². The summed E-state index contributed by atoms with van der Waals surface area (Å²) in [7, 11) is 0. The third-order valence-electron chi connectivity index (χ3n) is 4.24. The lowest BCUT2D eigenvalue weighted by Crippen LogP contribution is -2.47. The average molecular weight is 268 g/mol. The van der Waals surface area contributed by atoms with Gasteiger partial charge in [-0.2, -0.15) is 0 Å². The summed E-state index contributed by atoms with van der Waals surface area (Å²) < 4.78 is 0. The van der Waals surface area contributed by atoms with Crippen LogP contribution in [0, 0.1) is 11.8 Å². The second kappa shape index (κ2) is 5.59. The highest BCUT2D eigenvalue weighted by Gasteiger charge is 2.35. The highest BCUT2D eigenvalue weighted by atomic mass is 16.6. The topological polar surface area (TPSA) is 88.0 Å². The van der Waals surface area contributed by atoms with E-state index >= 15 is 0 Å². The highest BCUT2D eigenvalue weighted by molar-refractivity contribution is 6.36. The van der Waals surface area contributed by atoms with E-state index in [1.54, 1.807) is 0 Å². The fraction of sp³-hybridized carbons (Fsp3) is 0.769. The van der Waals surface area contributed by atoms with E-state index < -0.39 is 12.1 Å². The minimum atomic E-state index is -1.13. The van der Waals surface area contributed by atoms with Gasteiger partial charge < -0.3 is 15.3 Å². The molecule has 0 bridgehead atoms. The van der Waals surface area contributed by atoms with Crippen molar-refractivity contribution < 1.29 is 19.5 Å². The number of oxime groups is 1. The largest absolute Gasteiger partial charge is 0.477 e. The van der Waals surface area contributed by atoms with E-state index in [0.717, 1.165) is 12.8 Å². The van der Waals surface area contributed by atoms with Gasteiger partial charge in [0, 0.05) is 12.5 Å². The summed E-state index contributed by atoms with van der Waals surface area (Å²) in [6.45, 7) is 4.34. The van der Waals surface area contributed by atoms with Gasteiger partial charge in [0.05, 0.1) is 0 Å². The quantitative estimate of drug-likeness (QED) is 0.804. The first-order valence-electron chi connectivity index (χ1n) is 6.75. The normalized spacial score (nSPS) is 34.3. The number of carbonyl (C=O) groups is 2. The van der Waals surface area contributed by atoms with Crippen LogP contribution in [0.2, 0.25) is 0 Å². The molecule has 0 spiro atoms. The average Bonchev–Trinajstić information content (AvgIpc) is 2.84. The number of hydrogen-bond donors (Lipinski definition) is 2. The third-order valence-corrected chi connectivity index (χ3v) is 4.24. The van der Waals surface area contributed by atoms with Crippen LogP contribution in [0.15, 0.2) is 5.16 Å². The summed E-state index contributed by atoms with van der Waals surface area (Å²) in [6.07, 6.45) is 2.52. The summed E-state index contributed by atoms with van der Waals surface area (Å²) in [6, 6.07) is 0.147. The molecule has 2 N–H and O–H groups in total. The number of carbonyl (C=O) groups excluding carboxylic acids is 1. The summed E-state index contributed by atoms with van der Waals surface area (Å²) in [5.41, 5.74) is -0.0924. The molecule has 1 aliphatic heterocycles. The maximum absolute atomic E-state index is 12.0. The molecule has 4 atom stereocenters. The van der Waals surface area contributed by atoms with Crippen LogP contribution < -0.4 is 5.32 Å². The predicted molar refractivity (Wildman–Crippen MR) is 68.7 cm³/mol. The molecule has 1 amide bonds. The number of aliphatic carboxylic acids is 1. The van der Waals surface area contributed by atoms with Crippen LogP contribution in [-0.4, -0.2) is 34.8 Å². The van der Waals surface area contributed by atoms with E-state index in [1.165, 1.54) is 6.42 Å². The molecular weight excluding hydrogens is 248 g/mol. The van der Waals surface area contributed by atoms with E-state index in [4.69, 9.17) is 9.94 Å². The summed E-state index contributed by atoms with van der Waals surface area (Å²) in [4.78, 5) is 27.6. The van der Waals surface area contributed by atoms with Crippen LogP contribution in [0.25, 0.3) is 0 Å². The Morgan fingerprint density at radius 1 is 1.37 bits per heavy atom. The third kappa shape index (κ3) is 3.05. The first-order valence-corrected chi connectivity index (χ1v) is 6.75. The van der Waals surface area contributed by atoms with Crippen molar-refractivity contribution in [1.29, 1.82) is 0 Å². The Labute approximate surface area is 112 Å². The zero-order valence-corrected chi connectivity index (χ0v) is 11.3. The predicted octanol–water partition coefficient (Wildman–Crippen LogP) is 1.16. The Morgan fingerprint density at radius 2 is 2.11 bits per heavy atom. The smallest absolute Gasteiger partial charge is 0.353 e. The molecule has 1 heterocycles. The van der Waals surface area contributed by atoms with Gasteiger partial charge in [-0.1, -0.05) is 31.8 Å². The molecule has 1 aliphatic carbocycles. The Morgan fingerprint density at radius 3 is 2.74 bits per heavy atom. The molecule has 6 nitrogen and oxygen atoms in total. The van der Waals surface area contributed by atoms with Gasteiger partial charge in [0.1, 0.15) is 0 Å². The van der Waals surface area contributed by atoms with Gasteiger partial charge >= 0.3 is 5.97 Å². The van der Waals surface area contributed by atoms with Crippen molar-refractivity contribution in [3.8, 4) is 0 Å². The van der Waals surface area contributed by atoms with Crippen molar-refractivity contribution in [3.05, 3.63) is 0 Å². The fourth-order valence-corrected chi connectivity index (χ4v) is 2.71. The standard InChI is InChI=1S/C13H20N2O4/c1-7-4-3-5-9(8(7)2)14-12(16)11-6-10(13(17)18)15-19-11/h7-9,11H,3-6H2,1-2H3,(H,14,16)(H,17,18). The number of carboxylic acids is 1. The number of amides is 1. The molecule has 0 aromatic heterocycles. The first-order chi connectivity index (χ1) is 8.99. The minimum absolute atomic E-state index is 0.0395. The van der Waals surface area contributed by atoms with Crippen molar-refractivity contribution in [2.24, 2.45) is 17.0 Å². The monoisotopic (exact) mass is 268 g/mol. The van der Waals surface area contributed by atoms with Gasteiger partial charge in [0.25, 0.3) is 5.91 Å². The zero-order chi connectivity index (χ0) is 14.0. The van der Waals surface area contributed by atoms with Crippen LogP contribution in [-0.2, 0) is 14.4 Å².